The largest absolute Gasteiger partial charge is 0.392 e. The van der Waals surface area contributed by atoms with Crippen LogP contribution in [-0.2, 0) is 11.3 Å². The van der Waals surface area contributed by atoms with Gasteiger partial charge in [-0.1, -0.05) is 23.7 Å². The smallest absolute Gasteiger partial charge is 0.0682 e. The number of hydrogen-bond donors (Lipinski definition) is 3. The molecule has 4 N–H and O–H groups in total. The molecule has 5 nitrogen and oxygen atoms in total. The lowest BCUT2D eigenvalue weighted by Crippen LogP contribution is -2.62. The van der Waals surface area contributed by atoms with E-state index in [2.05, 4.69) is 22.9 Å². The van der Waals surface area contributed by atoms with E-state index in [1.807, 2.05) is 12.1 Å². The van der Waals surface area contributed by atoms with E-state index in [1.165, 1.54) is 16.6 Å². The molecule has 0 unspecified atom stereocenters. The fourth-order valence-electron chi connectivity index (χ4n) is 4.71. The molecule has 0 radical (unpaired) electrons. The number of para-hydroxylation sites is 1. The lowest BCUT2D eigenvalue weighted by molar-refractivity contribution is -0.210. The van der Waals surface area contributed by atoms with Crippen molar-refractivity contribution in [1.29, 1.82) is 0 Å². The number of aromatic nitrogens is 1. The number of ether oxygens (including phenoxy) is 1. The molecule has 1 spiro atoms. The molecular weight excluding hydrogens is 350 g/mol. The number of nitrogens with zero attached hydrogens (tertiary/aromatic N) is 1. The normalized spacial score (nSPS) is 25.7. The number of piperidine rings is 1. The van der Waals surface area contributed by atoms with Gasteiger partial charge in [-0.3, -0.25) is 4.90 Å². The van der Waals surface area contributed by atoms with Crippen molar-refractivity contribution in [3.05, 3.63) is 34.5 Å². The lowest BCUT2D eigenvalue weighted by Gasteiger charge is -2.56. The molecule has 1 saturated carbocycles. The van der Waals surface area contributed by atoms with Crippen LogP contribution in [-0.4, -0.2) is 53.4 Å². The quantitative estimate of drug-likeness (QED) is 0.749. The molecular formula is C20H28ClN3O2. The molecule has 0 amide bonds. The van der Waals surface area contributed by atoms with Crippen molar-refractivity contribution >= 4 is 22.5 Å². The van der Waals surface area contributed by atoms with E-state index in [-0.39, 0.29) is 17.6 Å². The van der Waals surface area contributed by atoms with Gasteiger partial charge in [0.1, 0.15) is 0 Å². The number of H-pyrrole nitrogens is 1. The number of nitrogens with one attached hydrogen (secondary N) is 1. The average molecular weight is 378 g/mol. The fourth-order valence-corrected chi connectivity index (χ4v) is 4.93. The highest BCUT2D eigenvalue weighted by molar-refractivity contribution is 6.35. The number of benzene rings is 1. The maximum absolute atomic E-state index is 10.4. The van der Waals surface area contributed by atoms with Gasteiger partial charge in [0.15, 0.2) is 0 Å². The number of aryl methyl sites for hydroxylation is 1. The second-order valence-corrected chi connectivity index (χ2v) is 8.21. The first-order chi connectivity index (χ1) is 12.5. The maximum atomic E-state index is 10.4. The maximum Gasteiger partial charge on any atom is 0.0682 e. The summed E-state index contributed by atoms with van der Waals surface area (Å²) >= 11 is 6.33. The van der Waals surface area contributed by atoms with E-state index < -0.39 is 0 Å². The minimum atomic E-state index is -0.235. The van der Waals surface area contributed by atoms with Gasteiger partial charge in [0.25, 0.3) is 0 Å². The van der Waals surface area contributed by atoms with Crippen molar-refractivity contribution < 1.29 is 9.84 Å². The molecule has 1 aliphatic carbocycles. The van der Waals surface area contributed by atoms with Crippen molar-refractivity contribution in [3.63, 3.8) is 0 Å². The van der Waals surface area contributed by atoms with Crippen LogP contribution in [0.5, 0.6) is 0 Å². The Balaban J connectivity index is 1.43. The predicted molar refractivity (Wildman–Crippen MR) is 104 cm³/mol. The zero-order chi connectivity index (χ0) is 18.3. The number of likely N-dealkylation sites (tertiary alicyclic amines) is 1. The Morgan fingerprint density at radius 1 is 1.38 bits per heavy atom. The van der Waals surface area contributed by atoms with E-state index in [0.29, 0.717) is 13.2 Å². The number of hydrogen-bond acceptors (Lipinski definition) is 4. The van der Waals surface area contributed by atoms with Gasteiger partial charge in [0.2, 0.25) is 0 Å². The van der Waals surface area contributed by atoms with Crippen LogP contribution in [0.25, 0.3) is 10.9 Å². The summed E-state index contributed by atoms with van der Waals surface area (Å²) in [6.45, 7) is 6.11. The Hall–Kier alpha value is -1.11. The van der Waals surface area contributed by atoms with Crippen molar-refractivity contribution in [2.24, 2.45) is 11.1 Å². The van der Waals surface area contributed by atoms with Crippen LogP contribution >= 0.6 is 11.6 Å². The van der Waals surface area contributed by atoms with Gasteiger partial charge in [0.05, 0.1) is 29.4 Å². The van der Waals surface area contributed by atoms with Crippen LogP contribution in [0.4, 0.5) is 0 Å². The summed E-state index contributed by atoms with van der Waals surface area (Å²) in [6, 6.07) is 6.04. The van der Waals surface area contributed by atoms with Crippen molar-refractivity contribution in [2.45, 2.75) is 44.9 Å². The lowest BCUT2D eigenvalue weighted by atomic mass is 9.58. The Kier molecular flexibility index (Phi) is 5.01. The summed E-state index contributed by atoms with van der Waals surface area (Å²) in [4.78, 5) is 5.97. The van der Waals surface area contributed by atoms with Gasteiger partial charge in [-0.25, -0.2) is 0 Å². The SMILES string of the molecule is Cc1c(CN2CCC3(CC2)[C@@H](O)C[C@H]3OCCN)[nH]c2c(Cl)cccc12. The summed E-state index contributed by atoms with van der Waals surface area (Å²) in [5.74, 6) is 0. The summed E-state index contributed by atoms with van der Waals surface area (Å²) in [5.41, 5.74) is 9.03. The third kappa shape index (κ3) is 2.96. The molecule has 0 bridgehead atoms. The van der Waals surface area contributed by atoms with E-state index >= 15 is 0 Å². The monoisotopic (exact) mass is 377 g/mol. The third-order valence-corrected chi connectivity index (χ3v) is 6.81. The molecule has 142 valence electrons. The number of aromatic amines is 1. The van der Waals surface area contributed by atoms with Gasteiger partial charge in [-0.15, -0.1) is 0 Å². The number of aliphatic hydroxyl groups is 1. The number of rotatable bonds is 5. The van der Waals surface area contributed by atoms with Gasteiger partial charge in [-0.05, 0) is 44.5 Å². The van der Waals surface area contributed by atoms with Crippen molar-refractivity contribution in [2.75, 3.05) is 26.2 Å². The molecule has 6 heteroatoms. The highest BCUT2D eigenvalue weighted by Gasteiger charge is 2.56. The topological polar surface area (TPSA) is 74.5 Å². The average Bonchev–Trinajstić information content (AvgIpc) is 2.97. The molecule has 2 atom stereocenters. The Morgan fingerprint density at radius 2 is 2.15 bits per heavy atom. The van der Waals surface area contributed by atoms with Crippen LogP contribution in [0.2, 0.25) is 5.02 Å². The molecule has 26 heavy (non-hydrogen) atoms. The predicted octanol–water partition coefficient (Wildman–Crippen LogP) is 2.82. The zero-order valence-corrected chi connectivity index (χ0v) is 16.1. The molecule has 2 heterocycles. The first-order valence-electron chi connectivity index (χ1n) is 9.53. The second kappa shape index (κ2) is 7.13. The van der Waals surface area contributed by atoms with Crippen molar-refractivity contribution in [3.8, 4) is 0 Å². The van der Waals surface area contributed by atoms with Crippen molar-refractivity contribution in [1.82, 2.24) is 9.88 Å². The molecule has 1 saturated heterocycles. The molecule has 1 aromatic heterocycles. The Morgan fingerprint density at radius 3 is 2.81 bits per heavy atom. The molecule has 1 aliphatic heterocycles. The van der Waals surface area contributed by atoms with Gasteiger partial charge < -0.3 is 20.6 Å². The number of nitrogens with two attached hydrogens (primary N) is 1. The van der Waals surface area contributed by atoms with E-state index in [9.17, 15) is 5.11 Å². The molecule has 4 rings (SSSR count). The van der Waals surface area contributed by atoms with Gasteiger partial charge in [0, 0.05) is 36.0 Å². The first kappa shape index (κ1) is 18.3. The Bertz CT molecular complexity index is 783. The highest BCUT2D eigenvalue weighted by atomic mass is 35.5. The second-order valence-electron chi connectivity index (χ2n) is 7.80. The van der Waals surface area contributed by atoms with Crippen LogP contribution in [0, 0.1) is 12.3 Å². The minimum absolute atomic E-state index is 0.0650. The summed E-state index contributed by atoms with van der Waals surface area (Å²) < 4.78 is 5.89. The number of fused-ring (bicyclic) bond motifs is 1. The third-order valence-electron chi connectivity index (χ3n) is 6.49. The summed E-state index contributed by atoms with van der Waals surface area (Å²) in [6.07, 6.45) is 2.63. The van der Waals surface area contributed by atoms with Crippen LogP contribution < -0.4 is 5.73 Å². The Labute approximate surface area is 159 Å². The van der Waals surface area contributed by atoms with E-state index in [1.54, 1.807) is 0 Å². The molecule has 2 aliphatic rings. The van der Waals surface area contributed by atoms with E-state index in [0.717, 1.165) is 49.4 Å². The van der Waals surface area contributed by atoms with E-state index in [4.69, 9.17) is 22.1 Å². The first-order valence-corrected chi connectivity index (χ1v) is 9.90. The molecule has 2 aromatic rings. The minimum Gasteiger partial charge on any atom is -0.392 e. The number of aliphatic hydroxyl groups excluding tert-OH is 1. The van der Waals surface area contributed by atoms with Crippen LogP contribution in [0.3, 0.4) is 0 Å². The fraction of sp³-hybridized carbons (Fsp3) is 0.600. The van der Waals surface area contributed by atoms with Crippen LogP contribution in [0.15, 0.2) is 18.2 Å². The van der Waals surface area contributed by atoms with Gasteiger partial charge >= 0.3 is 0 Å². The summed E-state index contributed by atoms with van der Waals surface area (Å²) in [7, 11) is 0. The molecule has 1 aromatic carbocycles. The van der Waals surface area contributed by atoms with Crippen LogP contribution in [0.1, 0.15) is 30.5 Å². The molecule has 2 fully saturated rings. The number of halogens is 1. The van der Waals surface area contributed by atoms with Gasteiger partial charge in [-0.2, -0.15) is 0 Å². The summed E-state index contributed by atoms with van der Waals surface area (Å²) in [5, 5.41) is 12.4. The standard InChI is InChI=1S/C20H28ClN3O2/c1-13-14-3-2-4-15(21)19(14)23-16(13)12-24-8-5-20(6-9-24)17(25)11-18(20)26-10-7-22/h2-4,17-18,23,25H,5-12,22H2,1H3/t17-,18+/m0/s1. The zero-order valence-electron chi connectivity index (χ0n) is 15.3. The highest BCUT2D eigenvalue weighted by Crippen LogP contribution is 2.51.